The third-order valence-electron chi connectivity index (χ3n) is 3.41. The molecule has 4 nitrogen and oxygen atoms in total. The molecule has 0 heterocycles. The van der Waals surface area contributed by atoms with Crippen LogP contribution in [0.25, 0.3) is 12.2 Å². The first kappa shape index (κ1) is 18.2. The predicted molar refractivity (Wildman–Crippen MR) is 97.6 cm³/mol. The summed E-state index contributed by atoms with van der Waals surface area (Å²) in [4.78, 5) is 22.8. The van der Waals surface area contributed by atoms with Crippen molar-refractivity contribution in [3.63, 3.8) is 0 Å². The van der Waals surface area contributed by atoms with Gasteiger partial charge in [-0.2, -0.15) is 0 Å². The standard InChI is InChI=1S/C21H20O4/c1-24-20(22)12-11-18-8-5-9-19(16-18)14-15-25-21(23)13-10-17-6-3-2-4-7-17/h2-13,16H,14-15H2,1H3/b12-11+,13-10+. The Morgan fingerprint density at radius 2 is 1.56 bits per heavy atom. The quantitative estimate of drug-likeness (QED) is 0.572. The molecule has 0 aliphatic carbocycles. The van der Waals surface area contributed by atoms with E-state index in [1.54, 1.807) is 12.2 Å². The molecular weight excluding hydrogens is 316 g/mol. The van der Waals surface area contributed by atoms with Gasteiger partial charge in [0.15, 0.2) is 0 Å². The summed E-state index contributed by atoms with van der Waals surface area (Å²) in [6.07, 6.45) is 6.80. The van der Waals surface area contributed by atoms with Crippen molar-refractivity contribution < 1.29 is 19.1 Å². The van der Waals surface area contributed by atoms with Gasteiger partial charge in [-0.1, -0.05) is 54.6 Å². The molecule has 2 aromatic carbocycles. The number of esters is 2. The van der Waals surface area contributed by atoms with Crippen molar-refractivity contribution in [3.8, 4) is 0 Å². The number of ether oxygens (including phenoxy) is 2. The molecule has 2 aromatic rings. The molecule has 0 N–H and O–H groups in total. The van der Waals surface area contributed by atoms with Crippen molar-refractivity contribution in [1.29, 1.82) is 0 Å². The van der Waals surface area contributed by atoms with Crippen LogP contribution in [0.2, 0.25) is 0 Å². The maximum Gasteiger partial charge on any atom is 0.330 e. The summed E-state index contributed by atoms with van der Waals surface area (Å²) >= 11 is 0. The lowest BCUT2D eigenvalue weighted by atomic mass is 10.1. The fraction of sp³-hybridized carbons (Fsp3) is 0.143. The lowest BCUT2D eigenvalue weighted by Gasteiger charge is -2.04. The second kappa shape index (κ2) is 9.88. The van der Waals surface area contributed by atoms with Crippen molar-refractivity contribution in [1.82, 2.24) is 0 Å². The van der Waals surface area contributed by atoms with Crippen LogP contribution in [0, 0.1) is 0 Å². The highest BCUT2D eigenvalue weighted by Gasteiger charge is 2.00. The van der Waals surface area contributed by atoms with Crippen molar-refractivity contribution >= 4 is 24.1 Å². The average molecular weight is 336 g/mol. The van der Waals surface area contributed by atoms with Gasteiger partial charge in [0.1, 0.15) is 0 Å². The largest absolute Gasteiger partial charge is 0.466 e. The van der Waals surface area contributed by atoms with Gasteiger partial charge < -0.3 is 9.47 Å². The Morgan fingerprint density at radius 1 is 0.880 bits per heavy atom. The van der Waals surface area contributed by atoms with Crippen LogP contribution in [0.5, 0.6) is 0 Å². The minimum Gasteiger partial charge on any atom is -0.466 e. The lowest BCUT2D eigenvalue weighted by Crippen LogP contribution is -2.04. The van der Waals surface area contributed by atoms with Crippen LogP contribution < -0.4 is 0 Å². The molecule has 0 unspecified atom stereocenters. The Kier molecular flexibility index (Phi) is 7.19. The Labute approximate surface area is 147 Å². The maximum absolute atomic E-state index is 11.7. The SMILES string of the molecule is COC(=O)/C=C/c1cccc(CCOC(=O)/C=C/c2ccccc2)c1. The second-order valence-electron chi connectivity index (χ2n) is 5.26. The number of carbonyl (C=O) groups excluding carboxylic acids is 2. The molecule has 0 atom stereocenters. The first-order chi connectivity index (χ1) is 12.2. The highest BCUT2D eigenvalue weighted by Crippen LogP contribution is 2.08. The summed E-state index contributed by atoms with van der Waals surface area (Å²) in [5.74, 6) is -0.768. The van der Waals surface area contributed by atoms with Gasteiger partial charge in [-0.15, -0.1) is 0 Å². The minimum atomic E-state index is -0.399. The number of hydrogen-bond acceptors (Lipinski definition) is 4. The highest BCUT2D eigenvalue weighted by atomic mass is 16.5. The molecule has 0 saturated heterocycles. The van der Waals surface area contributed by atoms with E-state index in [2.05, 4.69) is 4.74 Å². The number of carbonyl (C=O) groups is 2. The molecule has 0 aliphatic heterocycles. The van der Waals surface area contributed by atoms with E-state index in [4.69, 9.17) is 4.74 Å². The molecule has 0 radical (unpaired) electrons. The normalized spacial score (nSPS) is 10.9. The molecule has 0 saturated carbocycles. The molecule has 128 valence electrons. The number of rotatable bonds is 7. The van der Waals surface area contributed by atoms with E-state index >= 15 is 0 Å². The van der Waals surface area contributed by atoms with E-state index in [9.17, 15) is 9.59 Å². The van der Waals surface area contributed by atoms with Crippen LogP contribution in [0.3, 0.4) is 0 Å². The summed E-state index contributed by atoms with van der Waals surface area (Å²) in [6.45, 7) is 0.294. The monoisotopic (exact) mass is 336 g/mol. The summed E-state index contributed by atoms with van der Waals surface area (Å²) < 4.78 is 9.76. The summed E-state index contributed by atoms with van der Waals surface area (Å²) in [5.41, 5.74) is 2.86. The Morgan fingerprint density at radius 3 is 2.32 bits per heavy atom. The fourth-order valence-corrected chi connectivity index (χ4v) is 2.13. The topological polar surface area (TPSA) is 52.6 Å². The fourth-order valence-electron chi connectivity index (χ4n) is 2.13. The van der Waals surface area contributed by atoms with Crippen molar-refractivity contribution in [2.24, 2.45) is 0 Å². The van der Waals surface area contributed by atoms with Gasteiger partial charge in [0.05, 0.1) is 13.7 Å². The third kappa shape index (κ3) is 6.87. The predicted octanol–water partition coefficient (Wildman–Crippen LogP) is 3.67. The van der Waals surface area contributed by atoms with E-state index in [1.807, 2.05) is 54.6 Å². The highest BCUT2D eigenvalue weighted by molar-refractivity contribution is 5.87. The molecule has 0 amide bonds. The zero-order valence-corrected chi connectivity index (χ0v) is 14.1. The molecule has 0 aliphatic rings. The van der Waals surface area contributed by atoms with Gasteiger partial charge in [-0.05, 0) is 28.8 Å². The van der Waals surface area contributed by atoms with Crippen LogP contribution >= 0.6 is 0 Å². The summed E-state index contributed by atoms with van der Waals surface area (Å²) in [5, 5.41) is 0. The number of methoxy groups -OCH3 is 1. The Hall–Kier alpha value is -3.14. The molecule has 0 bridgehead atoms. The molecule has 0 aromatic heterocycles. The third-order valence-corrected chi connectivity index (χ3v) is 3.41. The van der Waals surface area contributed by atoms with Crippen LogP contribution in [0.4, 0.5) is 0 Å². The zero-order valence-electron chi connectivity index (χ0n) is 14.1. The first-order valence-corrected chi connectivity index (χ1v) is 7.92. The molecule has 2 rings (SSSR count). The second-order valence-corrected chi connectivity index (χ2v) is 5.26. The van der Waals surface area contributed by atoms with Crippen molar-refractivity contribution in [3.05, 3.63) is 83.4 Å². The Bertz CT molecular complexity index is 760. The Balaban J connectivity index is 1.81. The van der Waals surface area contributed by atoms with Crippen molar-refractivity contribution in [2.75, 3.05) is 13.7 Å². The minimum absolute atomic E-state index is 0.294. The van der Waals surface area contributed by atoms with Gasteiger partial charge in [0.25, 0.3) is 0 Å². The van der Waals surface area contributed by atoms with E-state index < -0.39 is 5.97 Å². The van der Waals surface area contributed by atoms with Crippen molar-refractivity contribution in [2.45, 2.75) is 6.42 Å². The maximum atomic E-state index is 11.7. The summed E-state index contributed by atoms with van der Waals surface area (Å²) in [6, 6.07) is 17.2. The van der Waals surface area contributed by atoms with E-state index in [-0.39, 0.29) is 5.97 Å². The molecule has 4 heteroatoms. The van der Waals surface area contributed by atoms with Gasteiger partial charge >= 0.3 is 11.9 Å². The first-order valence-electron chi connectivity index (χ1n) is 7.92. The van der Waals surface area contributed by atoms with Crippen LogP contribution in [0.15, 0.2) is 66.7 Å². The molecule has 0 fully saturated rings. The zero-order chi connectivity index (χ0) is 17.9. The lowest BCUT2D eigenvalue weighted by molar-refractivity contribution is -0.137. The van der Waals surface area contributed by atoms with E-state index in [0.717, 1.165) is 16.7 Å². The van der Waals surface area contributed by atoms with Crippen LogP contribution in [-0.4, -0.2) is 25.7 Å². The van der Waals surface area contributed by atoms with Crippen LogP contribution in [-0.2, 0) is 25.5 Å². The number of hydrogen-bond donors (Lipinski definition) is 0. The van der Waals surface area contributed by atoms with Crippen LogP contribution in [0.1, 0.15) is 16.7 Å². The van der Waals surface area contributed by atoms with E-state index in [0.29, 0.717) is 13.0 Å². The van der Waals surface area contributed by atoms with Gasteiger partial charge in [0, 0.05) is 18.6 Å². The summed E-state index contributed by atoms with van der Waals surface area (Å²) in [7, 11) is 1.34. The molecule has 25 heavy (non-hydrogen) atoms. The molecular formula is C21H20O4. The number of benzene rings is 2. The van der Waals surface area contributed by atoms with Gasteiger partial charge in [0.2, 0.25) is 0 Å². The average Bonchev–Trinajstić information content (AvgIpc) is 2.65. The molecule has 0 spiro atoms. The smallest absolute Gasteiger partial charge is 0.330 e. The van der Waals surface area contributed by atoms with Gasteiger partial charge in [-0.25, -0.2) is 9.59 Å². The van der Waals surface area contributed by atoms with E-state index in [1.165, 1.54) is 19.3 Å². The van der Waals surface area contributed by atoms with Gasteiger partial charge in [-0.3, -0.25) is 0 Å².